The minimum absolute atomic E-state index is 0.812. The highest BCUT2D eigenvalue weighted by Gasteiger charge is 2.26. The van der Waals surface area contributed by atoms with Gasteiger partial charge in [0.2, 0.25) is 0 Å². The van der Waals surface area contributed by atoms with E-state index in [2.05, 4.69) is 24.8 Å². The van der Waals surface area contributed by atoms with Gasteiger partial charge in [-0.2, -0.15) is 0 Å². The van der Waals surface area contributed by atoms with Crippen LogP contribution in [-0.2, 0) is 12.8 Å². The van der Waals surface area contributed by atoms with E-state index in [9.17, 15) is 0 Å². The van der Waals surface area contributed by atoms with E-state index in [1.165, 1.54) is 11.3 Å². The van der Waals surface area contributed by atoms with Crippen LogP contribution in [0.5, 0.6) is 0 Å². The van der Waals surface area contributed by atoms with E-state index in [0.29, 0.717) is 0 Å². The number of piperazine rings is 1. The first kappa shape index (κ1) is 17.0. The number of pyridine rings is 1. The van der Waals surface area contributed by atoms with Crippen LogP contribution >= 0.6 is 0 Å². The second-order valence-corrected chi connectivity index (χ2v) is 7.32. The van der Waals surface area contributed by atoms with Gasteiger partial charge in [-0.05, 0) is 44.4 Å². The first-order valence-corrected chi connectivity index (χ1v) is 9.88. The third-order valence-electron chi connectivity index (χ3n) is 5.51. The highest BCUT2D eigenvalue weighted by molar-refractivity contribution is 5.61. The van der Waals surface area contributed by atoms with Crippen molar-refractivity contribution in [1.82, 2.24) is 24.9 Å². The predicted octanol–water partition coefficient (Wildman–Crippen LogP) is 2.45. The van der Waals surface area contributed by atoms with Gasteiger partial charge in [0.15, 0.2) is 5.82 Å². The van der Waals surface area contributed by atoms with Crippen LogP contribution in [0.1, 0.15) is 23.5 Å². The number of aromatic nitrogens is 5. The lowest BCUT2D eigenvalue weighted by Crippen LogP contribution is -2.47. The molecule has 3 aromatic rings. The van der Waals surface area contributed by atoms with Crippen molar-refractivity contribution >= 4 is 11.6 Å². The van der Waals surface area contributed by atoms with Crippen molar-refractivity contribution in [2.45, 2.75) is 26.2 Å². The van der Waals surface area contributed by atoms with E-state index in [-0.39, 0.29) is 0 Å². The predicted molar refractivity (Wildman–Crippen MR) is 108 cm³/mol. The zero-order valence-corrected chi connectivity index (χ0v) is 16.0. The lowest BCUT2D eigenvalue weighted by Gasteiger charge is -2.37. The third kappa shape index (κ3) is 3.17. The van der Waals surface area contributed by atoms with Gasteiger partial charge in [-0.25, -0.2) is 19.9 Å². The van der Waals surface area contributed by atoms with Crippen LogP contribution in [0.25, 0.3) is 11.4 Å². The Morgan fingerprint density at radius 2 is 1.61 bits per heavy atom. The molecule has 1 saturated heterocycles. The summed E-state index contributed by atoms with van der Waals surface area (Å²) in [5.74, 6) is 3.76. The molecule has 0 amide bonds. The van der Waals surface area contributed by atoms with Crippen molar-refractivity contribution in [2.24, 2.45) is 0 Å². The Hall–Kier alpha value is -3.09. The van der Waals surface area contributed by atoms with Gasteiger partial charge in [-0.3, -0.25) is 4.98 Å². The average molecular weight is 373 g/mol. The van der Waals surface area contributed by atoms with Crippen molar-refractivity contribution in [3.05, 3.63) is 53.9 Å². The molecule has 0 unspecified atom stereocenters. The number of fused-ring (bicyclic) bond motifs is 1. The third-order valence-corrected chi connectivity index (χ3v) is 5.51. The van der Waals surface area contributed by atoms with Crippen LogP contribution in [0, 0.1) is 6.92 Å². The summed E-state index contributed by atoms with van der Waals surface area (Å²) in [7, 11) is 0. The summed E-state index contributed by atoms with van der Waals surface area (Å²) in [5, 5.41) is 0. The minimum Gasteiger partial charge on any atom is -0.353 e. The quantitative estimate of drug-likeness (QED) is 0.698. The maximum absolute atomic E-state index is 4.99. The van der Waals surface area contributed by atoms with Crippen LogP contribution in [0.15, 0.2) is 36.8 Å². The summed E-state index contributed by atoms with van der Waals surface area (Å²) < 4.78 is 0. The largest absolute Gasteiger partial charge is 0.353 e. The molecule has 0 bridgehead atoms. The first-order chi connectivity index (χ1) is 13.8. The molecular formula is C21H23N7. The summed E-state index contributed by atoms with van der Waals surface area (Å²) in [5.41, 5.74) is 3.58. The second-order valence-electron chi connectivity index (χ2n) is 7.32. The number of aryl methyl sites for hydroxylation is 2. The number of hydrogen-bond acceptors (Lipinski definition) is 7. The fourth-order valence-electron chi connectivity index (χ4n) is 4.07. The van der Waals surface area contributed by atoms with E-state index in [1.807, 2.05) is 31.3 Å². The summed E-state index contributed by atoms with van der Waals surface area (Å²) in [4.78, 5) is 27.5. The molecule has 0 saturated carbocycles. The molecule has 0 atom stereocenters. The van der Waals surface area contributed by atoms with Gasteiger partial charge in [0.1, 0.15) is 17.5 Å². The Morgan fingerprint density at radius 3 is 2.39 bits per heavy atom. The SMILES string of the molecule is Cc1nccc(N2CCN(c3nc(-c4ccncc4)nc4c3CCC4)CC2)n1. The maximum Gasteiger partial charge on any atom is 0.161 e. The lowest BCUT2D eigenvalue weighted by atomic mass is 10.1. The molecule has 4 heterocycles. The molecule has 2 aliphatic rings. The molecule has 7 nitrogen and oxygen atoms in total. The Bertz CT molecular complexity index is 981. The van der Waals surface area contributed by atoms with Gasteiger partial charge in [0.25, 0.3) is 0 Å². The molecule has 0 radical (unpaired) electrons. The van der Waals surface area contributed by atoms with E-state index >= 15 is 0 Å². The fourth-order valence-corrected chi connectivity index (χ4v) is 4.07. The Labute approximate surface area is 164 Å². The smallest absolute Gasteiger partial charge is 0.161 e. The highest BCUT2D eigenvalue weighted by Crippen LogP contribution is 2.32. The normalized spacial score (nSPS) is 16.3. The van der Waals surface area contributed by atoms with Gasteiger partial charge in [-0.1, -0.05) is 0 Å². The van der Waals surface area contributed by atoms with E-state index in [4.69, 9.17) is 9.97 Å². The molecule has 5 rings (SSSR count). The van der Waals surface area contributed by atoms with Crippen LogP contribution in [0.3, 0.4) is 0 Å². The molecule has 7 heteroatoms. The van der Waals surface area contributed by atoms with Crippen LogP contribution < -0.4 is 9.80 Å². The minimum atomic E-state index is 0.812. The van der Waals surface area contributed by atoms with Crippen molar-refractivity contribution in [3.8, 4) is 11.4 Å². The molecule has 1 aliphatic heterocycles. The standard InChI is InChI=1S/C21H23N7/c1-15-23-10-7-19(24-15)27-11-13-28(14-12-27)21-17-3-2-4-18(17)25-20(26-21)16-5-8-22-9-6-16/h5-10H,2-4,11-14H2,1H3. The summed E-state index contributed by atoms with van der Waals surface area (Å²) in [6.45, 7) is 5.66. The summed E-state index contributed by atoms with van der Waals surface area (Å²) in [6.07, 6.45) is 8.72. The second kappa shape index (κ2) is 7.14. The van der Waals surface area contributed by atoms with E-state index < -0.39 is 0 Å². The van der Waals surface area contributed by atoms with E-state index in [1.54, 1.807) is 12.4 Å². The molecule has 1 fully saturated rings. The monoisotopic (exact) mass is 373 g/mol. The average Bonchev–Trinajstić information content (AvgIpc) is 3.23. The summed E-state index contributed by atoms with van der Waals surface area (Å²) >= 11 is 0. The van der Waals surface area contributed by atoms with Gasteiger partial charge < -0.3 is 9.80 Å². The van der Waals surface area contributed by atoms with Crippen molar-refractivity contribution in [2.75, 3.05) is 36.0 Å². The Morgan fingerprint density at radius 1 is 0.821 bits per heavy atom. The number of hydrogen-bond donors (Lipinski definition) is 0. The van der Waals surface area contributed by atoms with Crippen LogP contribution in [-0.4, -0.2) is 51.1 Å². The molecule has 1 aliphatic carbocycles. The molecule has 28 heavy (non-hydrogen) atoms. The Kier molecular flexibility index (Phi) is 4.35. The number of rotatable bonds is 3. The highest BCUT2D eigenvalue weighted by atomic mass is 15.3. The zero-order chi connectivity index (χ0) is 18.9. The molecule has 3 aromatic heterocycles. The van der Waals surface area contributed by atoms with E-state index in [0.717, 1.165) is 74.3 Å². The van der Waals surface area contributed by atoms with Crippen molar-refractivity contribution < 1.29 is 0 Å². The number of anilines is 2. The van der Waals surface area contributed by atoms with Crippen molar-refractivity contribution in [3.63, 3.8) is 0 Å². The molecule has 142 valence electrons. The summed E-state index contributed by atoms with van der Waals surface area (Å²) in [6, 6.07) is 5.96. The zero-order valence-electron chi connectivity index (χ0n) is 16.0. The molecule has 0 aromatic carbocycles. The molecule has 0 spiro atoms. The lowest BCUT2D eigenvalue weighted by molar-refractivity contribution is 0.637. The van der Waals surface area contributed by atoms with Crippen LogP contribution in [0.2, 0.25) is 0 Å². The first-order valence-electron chi connectivity index (χ1n) is 9.88. The van der Waals surface area contributed by atoms with Gasteiger partial charge >= 0.3 is 0 Å². The fraction of sp³-hybridized carbons (Fsp3) is 0.381. The maximum atomic E-state index is 4.99. The van der Waals surface area contributed by atoms with Gasteiger partial charge in [0.05, 0.1) is 0 Å². The van der Waals surface area contributed by atoms with Crippen molar-refractivity contribution in [1.29, 1.82) is 0 Å². The Balaban J connectivity index is 1.42. The van der Waals surface area contributed by atoms with Gasteiger partial charge in [0, 0.05) is 61.6 Å². The molecule has 0 N–H and O–H groups in total. The number of nitrogens with zero attached hydrogens (tertiary/aromatic N) is 7. The topological polar surface area (TPSA) is 70.9 Å². The van der Waals surface area contributed by atoms with Gasteiger partial charge in [-0.15, -0.1) is 0 Å². The molecular weight excluding hydrogens is 350 g/mol. The van der Waals surface area contributed by atoms with Crippen LogP contribution in [0.4, 0.5) is 11.6 Å².